The van der Waals surface area contributed by atoms with E-state index in [1.54, 1.807) is 10.4 Å². The highest BCUT2D eigenvalue weighted by Gasteiger charge is 2.22. The van der Waals surface area contributed by atoms with E-state index in [2.05, 4.69) is 20.4 Å². The molecule has 1 aliphatic heterocycles. The fourth-order valence-electron chi connectivity index (χ4n) is 2.67. The second kappa shape index (κ2) is 8.26. The van der Waals surface area contributed by atoms with E-state index >= 15 is 0 Å². The lowest BCUT2D eigenvalue weighted by Crippen LogP contribution is -2.48. The van der Waals surface area contributed by atoms with Gasteiger partial charge < -0.3 is 15.1 Å². The first-order valence-corrected chi connectivity index (χ1v) is 9.22. The van der Waals surface area contributed by atoms with E-state index < -0.39 is 0 Å². The Hall–Kier alpha value is -2.19. The molecule has 1 N–H and O–H groups in total. The first kappa shape index (κ1) is 17.6. The molecule has 2 heterocycles. The Morgan fingerprint density at radius 1 is 1.20 bits per heavy atom. The molecule has 132 valence electrons. The molecular weight excluding hydrogens is 362 g/mol. The summed E-state index contributed by atoms with van der Waals surface area (Å²) in [5.74, 6) is -0.221. The van der Waals surface area contributed by atoms with Crippen LogP contribution in [0.25, 0.3) is 0 Å². The van der Waals surface area contributed by atoms with E-state index in [0.717, 1.165) is 18.8 Å². The van der Waals surface area contributed by atoms with Crippen LogP contribution in [-0.4, -0.2) is 53.1 Å². The summed E-state index contributed by atoms with van der Waals surface area (Å²) >= 11 is 7.28. The molecule has 25 heavy (non-hydrogen) atoms. The van der Waals surface area contributed by atoms with Crippen LogP contribution in [0, 0.1) is 0 Å². The number of aromatic nitrogens is 2. The average Bonchev–Trinajstić information content (AvgIpc) is 3.13. The zero-order valence-corrected chi connectivity index (χ0v) is 15.1. The maximum absolute atomic E-state index is 12.3. The zero-order chi connectivity index (χ0) is 17.6. The Morgan fingerprint density at radius 2 is 2.00 bits per heavy atom. The Balaban J connectivity index is 1.43. The molecule has 1 saturated heterocycles. The molecule has 1 aliphatic rings. The van der Waals surface area contributed by atoms with Gasteiger partial charge in [-0.3, -0.25) is 9.59 Å². The zero-order valence-electron chi connectivity index (χ0n) is 13.5. The highest BCUT2D eigenvalue weighted by molar-refractivity contribution is 7.13. The number of amides is 2. The van der Waals surface area contributed by atoms with Crippen molar-refractivity contribution >= 4 is 45.6 Å². The topological polar surface area (TPSA) is 78.4 Å². The summed E-state index contributed by atoms with van der Waals surface area (Å²) in [7, 11) is 0. The number of halogens is 1. The smallest absolute Gasteiger partial charge is 0.226 e. The summed E-state index contributed by atoms with van der Waals surface area (Å²) in [6.45, 7) is 2.79. The maximum Gasteiger partial charge on any atom is 0.226 e. The highest BCUT2D eigenvalue weighted by Crippen LogP contribution is 2.21. The van der Waals surface area contributed by atoms with Gasteiger partial charge in [0.25, 0.3) is 0 Å². The van der Waals surface area contributed by atoms with Gasteiger partial charge >= 0.3 is 0 Å². The van der Waals surface area contributed by atoms with Crippen LogP contribution in [0.2, 0.25) is 5.02 Å². The van der Waals surface area contributed by atoms with Crippen LogP contribution < -0.4 is 10.2 Å². The van der Waals surface area contributed by atoms with Gasteiger partial charge in [0, 0.05) is 49.7 Å². The van der Waals surface area contributed by atoms with E-state index in [0.29, 0.717) is 23.2 Å². The van der Waals surface area contributed by atoms with E-state index in [1.807, 2.05) is 24.3 Å². The summed E-state index contributed by atoms with van der Waals surface area (Å²) in [4.78, 5) is 28.1. The molecule has 0 bridgehead atoms. The fraction of sp³-hybridized carbons (Fsp3) is 0.375. The minimum absolute atomic E-state index is 0.00171. The summed E-state index contributed by atoms with van der Waals surface area (Å²) in [6, 6.07) is 7.71. The van der Waals surface area contributed by atoms with Crippen LogP contribution >= 0.6 is 22.9 Å². The van der Waals surface area contributed by atoms with E-state index in [1.165, 1.54) is 11.3 Å². The third-order valence-electron chi connectivity index (χ3n) is 3.98. The molecule has 0 unspecified atom stereocenters. The van der Waals surface area contributed by atoms with Crippen molar-refractivity contribution in [3.05, 3.63) is 34.8 Å². The van der Waals surface area contributed by atoms with Crippen molar-refractivity contribution in [3.8, 4) is 0 Å². The maximum atomic E-state index is 12.3. The first-order chi connectivity index (χ1) is 12.1. The summed E-state index contributed by atoms with van der Waals surface area (Å²) < 4.78 is 0. The Bertz CT molecular complexity index is 732. The van der Waals surface area contributed by atoms with E-state index in [-0.39, 0.29) is 24.7 Å². The molecule has 0 saturated carbocycles. The number of hydrogen-bond donors (Lipinski definition) is 1. The first-order valence-electron chi connectivity index (χ1n) is 7.96. The molecule has 9 heteroatoms. The Kier molecular flexibility index (Phi) is 5.83. The summed E-state index contributed by atoms with van der Waals surface area (Å²) in [6.07, 6.45) is 0.342. The third-order valence-corrected chi connectivity index (χ3v) is 4.82. The number of carbonyl (C=O) groups excluding carboxylic acids is 2. The van der Waals surface area contributed by atoms with Crippen molar-refractivity contribution in [3.63, 3.8) is 0 Å². The average molecular weight is 380 g/mol. The number of hydrogen-bond acceptors (Lipinski definition) is 6. The molecule has 2 amide bonds. The van der Waals surface area contributed by atoms with Crippen LogP contribution in [0.3, 0.4) is 0 Å². The standard InChI is InChI=1S/C16H18ClN5O2S/c17-12-2-1-3-13(10-12)21-6-8-22(9-7-21)15(24)5-4-14(23)19-16-20-18-11-25-16/h1-3,10-11H,4-9H2,(H,19,20,23). The normalized spacial score (nSPS) is 14.4. The summed E-state index contributed by atoms with van der Waals surface area (Å²) in [5.41, 5.74) is 2.61. The number of nitrogens with zero attached hydrogens (tertiary/aromatic N) is 4. The number of piperazine rings is 1. The monoisotopic (exact) mass is 379 g/mol. The number of anilines is 2. The number of rotatable bonds is 5. The second-order valence-electron chi connectivity index (χ2n) is 5.64. The lowest BCUT2D eigenvalue weighted by Gasteiger charge is -2.36. The quantitative estimate of drug-likeness (QED) is 0.862. The molecule has 0 atom stereocenters. The second-order valence-corrected chi connectivity index (χ2v) is 6.91. The van der Waals surface area contributed by atoms with Gasteiger partial charge in [-0.25, -0.2) is 0 Å². The molecule has 2 aromatic rings. The van der Waals surface area contributed by atoms with Crippen molar-refractivity contribution in [2.24, 2.45) is 0 Å². The van der Waals surface area contributed by atoms with Gasteiger partial charge in [-0.2, -0.15) is 0 Å². The van der Waals surface area contributed by atoms with Gasteiger partial charge in [0.2, 0.25) is 16.9 Å². The predicted molar refractivity (Wildman–Crippen MR) is 98.0 cm³/mol. The van der Waals surface area contributed by atoms with Crippen LogP contribution in [0.5, 0.6) is 0 Å². The van der Waals surface area contributed by atoms with Gasteiger partial charge in [0.1, 0.15) is 5.51 Å². The molecule has 3 rings (SSSR count). The number of benzene rings is 1. The van der Waals surface area contributed by atoms with E-state index in [4.69, 9.17) is 11.6 Å². The van der Waals surface area contributed by atoms with Crippen LogP contribution in [0.15, 0.2) is 29.8 Å². The molecular formula is C16H18ClN5O2S. The van der Waals surface area contributed by atoms with Crippen molar-refractivity contribution in [1.29, 1.82) is 0 Å². The molecule has 1 fully saturated rings. The lowest BCUT2D eigenvalue weighted by atomic mass is 10.2. The summed E-state index contributed by atoms with van der Waals surface area (Å²) in [5, 5.41) is 11.2. The van der Waals surface area contributed by atoms with Crippen molar-refractivity contribution in [2.75, 3.05) is 36.4 Å². The number of nitrogens with one attached hydrogen (secondary N) is 1. The van der Waals surface area contributed by atoms with Crippen LogP contribution in [0.4, 0.5) is 10.8 Å². The Morgan fingerprint density at radius 3 is 2.68 bits per heavy atom. The van der Waals surface area contributed by atoms with Gasteiger partial charge in [0.15, 0.2) is 0 Å². The van der Waals surface area contributed by atoms with Crippen molar-refractivity contribution in [2.45, 2.75) is 12.8 Å². The van der Waals surface area contributed by atoms with Crippen LogP contribution in [-0.2, 0) is 9.59 Å². The minimum atomic E-state index is -0.220. The van der Waals surface area contributed by atoms with E-state index in [9.17, 15) is 9.59 Å². The molecule has 0 spiro atoms. The largest absolute Gasteiger partial charge is 0.368 e. The van der Waals surface area contributed by atoms with Gasteiger partial charge in [0.05, 0.1) is 0 Å². The van der Waals surface area contributed by atoms with Crippen molar-refractivity contribution in [1.82, 2.24) is 15.1 Å². The molecule has 0 aliphatic carbocycles. The minimum Gasteiger partial charge on any atom is -0.368 e. The van der Waals surface area contributed by atoms with Crippen LogP contribution in [0.1, 0.15) is 12.8 Å². The Labute approximate surface area is 154 Å². The predicted octanol–water partition coefficient (Wildman–Crippen LogP) is 2.26. The molecule has 1 aromatic carbocycles. The van der Waals surface area contributed by atoms with Crippen molar-refractivity contribution < 1.29 is 9.59 Å². The van der Waals surface area contributed by atoms with Gasteiger partial charge in [-0.05, 0) is 18.2 Å². The highest BCUT2D eigenvalue weighted by atomic mass is 35.5. The molecule has 7 nitrogen and oxygen atoms in total. The van der Waals surface area contributed by atoms with Gasteiger partial charge in [-0.15, -0.1) is 10.2 Å². The fourth-order valence-corrected chi connectivity index (χ4v) is 3.32. The molecule has 0 radical (unpaired) electrons. The molecule has 1 aromatic heterocycles. The van der Waals surface area contributed by atoms with Gasteiger partial charge in [-0.1, -0.05) is 29.0 Å². The SMILES string of the molecule is O=C(CCC(=O)N1CCN(c2cccc(Cl)c2)CC1)Nc1nncs1. The number of carbonyl (C=O) groups is 2. The third kappa shape index (κ3) is 4.90. The lowest BCUT2D eigenvalue weighted by molar-refractivity contribution is -0.133.